The van der Waals surface area contributed by atoms with Gasteiger partial charge in [0.25, 0.3) is 0 Å². The molecule has 4 heteroatoms. The molecule has 292 valence electrons. The number of para-hydroxylation sites is 5. The summed E-state index contributed by atoms with van der Waals surface area (Å²) in [5, 5.41) is 6.02. The predicted molar refractivity (Wildman–Crippen MR) is 262 cm³/mol. The molecule has 0 fully saturated rings. The van der Waals surface area contributed by atoms with Crippen molar-refractivity contribution in [1.29, 1.82) is 0 Å². The molecule has 4 heterocycles. The zero-order chi connectivity index (χ0) is 41.1. The molecule has 62 heavy (non-hydrogen) atoms. The van der Waals surface area contributed by atoms with Gasteiger partial charge in [0.2, 0.25) is 0 Å². The fraction of sp³-hybridized carbons (Fsp3) is 0.0172. The smallest absolute Gasteiger partial charge is 0.133 e. The first-order valence-corrected chi connectivity index (χ1v) is 21.2. The second-order valence-corrected chi connectivity index (χ2v) is 16.1. The summed E-state index contributed by atoms with van der Waals surface area (Å²) in [6.45, 7) is 5.43. The van der Waals surface area contributed by atoms with Crippen LogP contribution in [0, 0.1) is 0 Å². The average Bonchev–Trinajstić information content (AvgIpc) is 3.86. The molecule has 3 aromatic heterocycles. The van der Waals surface area contributed by atoms with Crippen molar-refractivity contribution in [3.05, 3.63) is 236 Å². The topological polar surface area (TPSA) is 26.0 Å². The number of fused-ring (bicyclic) bond motifs is 8. The van der Waals surface area contributed by atoms with Crippen LogP contribution in [0.4, 0.5) is 11.5 Å². The number of anilines is 2. The Kier molecular flexibility index (Phi) is 8.36. The number of rotatable bonds is 5. The molecule has 0 unspecified atom stereocenters. The maximum absolute atomic E-state index is 5.21. The van der Waals surface area contributed by atoms with Crippen molar-refractivity contribution in [2.75, 3.05) is 11.4 Å². The van der Waals surface area contributed by atoms with E-state index in [0.717, 1.165) is 67.2 Å². The third-order valence-electron chi connectivity index (χ3n) is 12.4. The SMILES string of the molecule is C=C1/C=C(c2ccc3c(c2)c2ccccc2n3-c2ccccc2)\C=C/CN(c2ccc3ccccc3n2)c2ccc(-c3ccc4c(c3)c3ccccc3n4-c3ccccc3)cc21. The number of aromatic nitrogens is 3. The van der Waals surface area contributed by atoms with Gasteiger partial charge in [-0.15, -0.1) is 0 Å². The van der Waals surface area contributed by atoms with Crippen LogP contribution < -0.4 is 4.90 Å². The van der Waals surface area contributed by atoms with Crippen molar-refractivity contribution in [3.63, 3.8) is 0 Å². The molecule has 0 N–H and O–H groups in total. The highest BCUT2D eigenvalue weighted by Gasteiger charge is 2.21. The number of nitrogens with zero attached hydrogens (tertiary/aromatic N) is 4. The molecule has 0 saturated carbocycles. The van der Waals surface area contributed by atoms with Gasteiger partial charge in [-0.3, -0.25) is 0 Å². The number of hydrogen-bond acceptors (Lipinski definition) is 2. The Labute approximate surface area is 359 Å². The summed E-state index contributed by atoms with van der Waals surface area (Å²) in [4.78, 5) is 7.52. The first-order chi connectivity index (χ1) is 30.7. The number of pyridine rings is 1. The van der Waals surface area contributed by atoms with Crippen LogP contribution in [0.3, 0.4) is 0 Å². The lowest BCUT2D eigenvalue weighted by atomic mass is 9.94. The van der Waals surface area contributed by atoms with E-state index < -0.39 is 0 Å². The molecular formula is C58H40N4. The molecule has 0 spiro atoms. The standard InChI is InChI=1S/C58H40N4/c1-39-35-41(43-27-31-56-50(37-43)47-21-9-12-24-54(47)61(56)45-17-4-2-5-18-45)16-14-34-60(58-33-29-40-15-8-11-23-52(40)59-58)53-30-26-42(36-49(39)53)44-28-32-57-51(38-44)48-22-10-13-25-55(48)62(57)46-19-6-3-7-20-46/h2-33,35-38H,1,34H2/b16-14-,41-35+. The van der Waals surface area contributed by atoms with Crippen LogP contribution in [-0.4, -0.2) is 20.7 Å². The lowest BCUT2D eigenvalue weighted by Crippen LogP contribution is -2.19. The van der Waals surface area contributed by atoms with E-state index in [1.807, 2.05) is 0 Å². The van der Waals surface area contributed by atoms with Gasteiger partial charge in [-0.1, -0.05) is 128 Å². The van der Waals surface area contributed by atoms with Gasteiger partial charge in [0, 0.05) is 50.4 Å². The van der Waals surface area contributed by atoms with E-state index in [4.69, 9.17) is 11.6 Å². The largest absolute Gasteiger partial charge is 0.322 e. The van der Waals surface area contributed by atoms with Gasteiger partial charge in [-0.2, -0.15) is 0 Å². The second-order valence-electron chi connectivity index (χ2n) is 16.1. The highest BCUT2D eigenvalue weighted by atomic mass is 15.2. The summed E-state index contributed by atoms with van der Waals surface area (Å²) in [7, 11) is 0. The zero-order valence-electron chi connectivity index (χ0n) is 34.0. The van der Waals surface area contributed by atoms with Crippen molar-refractivity contribution in [1.82, 2.24) is 14.1 Å². The molecule has 1 aliphatic heterocycles. The van der Waals surface area contributed by atoms with Crippen LogP contribution in [0.5, 0.6) is 0 Å². The van der Waals surface area contributed by atoms with Gasteiger partial charge < -0.3 is 14.0 Å². The van der Waals surface area contributed by atoms with E-state index in [-0.39, 0.29) is 0 Å². The van der Waals surface area contributed by atoms with Gasteiger partial charge in [0.05, 0.1) is 33.3 Å². The van der Waals surface area contributed by atoms with Crippen LogP contribution >= 0.6 is 0 Å². The zero-order valence-corrected chi connectivity index (χ0v) is 34.0. The Morgan fingerprint density at radius 1 is 0.452 bits per heavy atom. The maximum Gasteiger partial charge on any atom is 0.133 e. The third kappa shape index (κ3) is 5.88. The Bertz CT molecular complexity index is 3620. The minimum Gasteiger partial charge on any atom is -0.322 e. The summed E-state index contributed by atoms with van der Waals surface area (Å²) >= 11 is 0. The first kappa shape index (κ1) is 35.7. The number of benzene rings is 8. The normalized spacial score (nSPS) is 14.5. The summed E-state index contributed by atoms with van der Waals surface area (Å²) in [5.41, 5.74) is 15.6. The van der Waals surface area contributed by atoms with Crippen LogP contribution in [0.25, 0.3) is 88.2 Å². The van der Waals surface area contributed by atoms with Gasteiger partial charge in [0.15, 0.2) is 0 Å². The van der Waals surface area contributed by atoms with Crippen molar-refractivity contribution < 1.29 is 0 Å². The summed E-state index contributed by atoms with van der Waals surface area (Å²) in [6, 6.07) is 71.9. The molecule has 8 aromatic carbocycles. The third-order valence-corrected chi connectivity index (χ3v) is 12.4. The summed E-state index contributed by atoms with van der Waals surface area (Å²) < 4.78 is 4.73. The van der Waals surface area contributed by atoms with Gasteiger partial charge in [-0.25, -0.2) is 4.98 Å². The van der Waals surface area contributed by atoms with Gasteiger partial charge in [-0.05, 0) is 125 Å². The first-order valence-electron chi connectivity index (χ1n) is 21.2. The molecule has 0 atom stereocenters. The fourth-order valence-corrected chi connectivity index (χ4v) is 9.52. The van der Waals surface area contributed by atoms with Crippen LogP contribution in [0.15, 0.2) is 225 Å². The quantitative estimate of drug-likeness (QED) is 0.173. The molecule has 0 radical (unpaired) electrons. The van der Waals surface area contributed by atoms with Gasteiger partial charge in [0.1, 0.15) is 5.82 Å². The van der Waals surface area contributed by atoms with Crippen LogP contribution in [0.1, 0.15) is 11.1 Å². The summed E-state index contributed by atoms with van der Waals surface area (Å²) in [5.74, 6) is 0.892. The van der Waals surface area contributed by atoms with Crippen molar-refractivity contribution in [2.24, 2.45) is 0 Å². The van der Waals surface area contributed by atoms with Gasteiger partial charge >= 0.3 is 0 Å². The van der Waals surface area contributed by atoms with Crippen molar-refractivity contribution in [3.8, 4) is 22.5 Å². The molecule has 12 rings (SSSR count). The lowest BCUT2D eigenvalue weighted by molar-refractivity contribution is 1.06. The Morgan fingerprint density at radius 2 is 1.00 bits per heavy atom. The number of allylic oxidation sites excluding steroid dienone is 4. The maximum atomic E-state index is 5.21. The lowest BCUT2D eigenvalue weighted by Gasteiger charge is -2.26. The molecule has 0 amide bonds. The van der Waals surface area contributed by atoms with E-state index >= 15 is 0 Å². The fourth-order valence-electron chi connectivity index (χ4n) is 9.52. The van der Waals surface area contributed by atoms with E-state index in [1.165, 1.54) is 43.6 Å². The van der Waals surface area contributed by atoms with E-state index in [9.17, 15) is 0 Å². The minimum absolute atomic E-state index is 0.628. The summed E-state index contributed by atoms with van der Waals surface area (Å²) in [6.07, 6.45) is 6.76. The van der Waals surface area contributed by atoms with Crippen molar-refractivity contribution >= 4 is 77.2 Å². The Balaban J connectivity index is 1.02. The van der Waals surface area contributed by atoms with Crippen LogP contribution in [0.2, 0.25) is 0 Å². The minimum atomic E-state index is 0.628. The van der Waals surface area contributed by atoms with Crippen molar-refractivity contribution in [2.45, 2.75) is 0 Å². The molecule has 4 nitrogen and oxygen atoms in total. The monoisotopic (exact) mass is 792 g/mol. The van der Waals surface area contributed by atoms with Crippen LogP contribution in [-0.2, 0) is 0 Å². The molecule has 0 bridgehead atoms. The average molecular weight is 793 g/mol. The molecule has 1 aliphatic rings. The number of hydrogen-bond donors (Lipinski definition) is 0. The highest BCUT2D eigenvalue weighted by Crippen LogP contribution is 2.41. The molecule has 11 aromatic rings. The van der Waals surface area contributed by atoms with E-state index in [1.54, 1.807) is 0 Å². The molecular weight excluding hydrogens is 753 g/mol. The Hall–Kier alpha value is -8.21. The molecule has 0 saturated heterocycles. The molecule has 0 aliphatic carbocycles. The predicted octanol–water partition coefficient (Wildman–Crippen LogP) is 14.9. The van der Waals surface area contributed by atoms with E-state index in [0.29, 0.717) is 6.54 Å². The highest BCUT2D eigenvalue weighted by molar-refractivity contribution is 6.12. The Morgan fingerprint density at radius 3 is 1.69 bits per heavy atom. The second kappa shape index (κ2) is 14.5. The van der Waals surface area contributed by atoms with E-state index in [2.05, 4.69) is 232 Å².